The van der Waals surface area contributed by atoms with Gasteiger partial charge in [-0.05, 0) is 14.1 Å². The Labute approximate surface area is 55.6 Å². The fourth-order valence-electron chi connectivity index (χ4n) is 0.138. The third-order valence-electron chi connectivity index (χ3n) is 0.688. The Morgan fingerprint density at radius 1 is 1.57 bits per heavy atom. The van der Waals surface area contributed by atoms with E-state index in [0.29, 0.717) is 5.50 Å². The van der Waals surface area contributed by atoms with Gasteiger partial charge in [-0.1, -0.05) is 0 Å². The van der Waals surface area contributed by atoms with Gasteiger partial charge in [0.2, 0.25) is 8.27 Å². The Kier molecular flexibility index (Phi) is 4.12. The number of alkyl halides is 1. The van der Waals surface area contributed by atoms with Gasteiger partial charge in [-0.15, -0.1) is 22.7 Å². The molecule has 0 aromatic carbocycles. The van der Waals surface area contributed by atoms with E-state index in [1.165, 1.54) is 0 Å². The van der Waals surface area contributed by atoms with E-state index in [1.807, 2.05) is 18.7 Å². The fraction of sp³-hybridized carbons (Fsp3) is 1.00. The molecule has 0 aliphatic rings. The molecule has 0 aromatic rings. The first kappa shape index (κ1) is 7.76. The lowest BCUT2D eigenvalue weighted by molar-refractivity contribution is 0.657. The standard InChI is InChI=1S/C3H9Cl2NSi/c1-6(2)7(5)3-4/h7H,3H2,1-2H3. The largest absolute Gasteiger partial charge is 0.319 e. The van der Waals surface area contributed by atoms with Crippen LogP contribution in [0.5, 0.6) is 0 Å². The molecule has 0 saturated carbocycles. The topological polar surface area (TPSA) is 3.24 Å². The number of rotatable bonds is 2. The second kappa shape index (κ2) is 3.72. The van der Waals surface area contributed by atoms with E-state index in [1.54, 1.807) is 0 Å². The molecule has 0 aliphatic heterocycles. The predicted molar refractivity (Wildman–Crippen MR) is 37.4 cm³/mol. The molecule has 0 aliphatic carbocycles. The van der Waals surface area contributed by atoms with E-state index < -0.39 is 8.27 Å². The number of hydrogen-bond acceptors (Lipinski definition) is 1. The van der Waals surface area contributed by atoms with Crippen LogP contribution in [-0.4, -0.2) is 32.4 Å². The molecule has 4 heteroatoms. The van der Waals surface area contributed by atoms with Gasteiger partial charge < -0.3 is 4.57 Å². The van der Waals surface area contributed by atoms with Crippen LogP contribution in [0.4, 0.5) is 0 Å². The van der Waals surface area contributed by atoms with Crippen molar-refractivity contribution in [1.82, 2.24) is 4.57 Å². The maximum Gasteiger partial charge on any atom is 0.227 e. The van der Waals surface area contributed by atoms with Gasteiger partial charge in [0.25, 0.3) is 0 Å². The highest BCUT2D eigenvalue weighted by molar-refractivity contribution is 7.07. The van der Waals surface area contributed by atoms with Crippen molar-refractivity contribution in [2.75, 3.05) is 19.6 Å². The molecular formula is C3H9Cl2NSi. The third-order valence-corrected chi connectivity index (χ3v) is 5.05. The molecular weight excluding hydrogens is 149 g/mol. The lowest BCUT2D eigenvalue weighted by Gasteiger charge is -2.10. The molecule has 0 bridgehead atoms. The number of hydrogen-bond donors (Lipinski definition) is 0. The monoisotopic (exact) mass is 157 g/mol. The predicted octanol–water partition coefficient (Wildman–Crippen LogP) is 0.785. The van der Waals surface area contributed by atoms with E-state index in [9.17, 15) is 0 Å². The first-order valence-corrected chi connectivity index (χ1v) is 5.66. The average molecular weight is 158 g/mol. The van der Waals surface area contributed by atoms with Crippen molar-refractivity contribution < 1.29 is 0 Å². The van der Waals surface area contributed by atoms with Gasteiger partial charge in [0, 0.05) is 5.50 Å². The zero-order valence-electron chi connectivity index (χ0n) is 4.49. The molecule has 1 unspecified atom stereocenters. The van der Waals surface area contributed by atoms with E-state index >= 15 is 0 Å². The van der Waals surface area contributed by atoms with Gasteiger partial charge in [0.05, 0.1) is 0 Å². The van der Waals surface area contributed by atoms with Gasteiger partial charge in [-0.3, -0.25) is 0 Å². The van der Waals surface area contributed by atoms with Gasteiger partial charge in [-0.25, -0.2) is 0 Å². The summed E-state index contributed by atoms with van der Waals surface area (Å²) in [5, 5.41) is 0. The van der Waals surface area contributed by atoms with Gasteiger partial charge >= 0.3 is 0 Å². The first-order chi connectivity index (χ1) is 3.18. The Morgan fingerprint density at radius 2 is 2.00 bits per heavy atom. The van der Waals surface area contributed by atoms with Gasteiger partial charge in [0.1, 0.15) is 0 Å². The van der Waals surface area contributed by atoms with Crippen LogP contribution < -0.4 is 0 Å². The van der Waals surface area contributed by atoms with Crippen LogP contribution in [0.25, 0.3) is 0 Å². The highest BCUT2D eigenvalue weighted by atomic mass is 35.6. The van der Waals surface area contributed by atoms with Crippen molar-refractivity contribution in [3.63, 3.8) is 0 Å². The molecule has 7 heavy (non-hydrogen) atoms. The van der Waals surface area contributed by atoms with Crippen molar-refractivity contribution in [2.45, 2.75) is 0 Å². The molecule has 0 fully saturated rings. The van der Waals surface area contributed by atoms with E-state index in [-0.39, 0.29) is 0 Å². The SMILES string of the molecule is CN(C)[SiH](Cl)CCl. The second-order valence-electron chi connectivity index (χ2n) is 1.55. The Morgan fingerprint density at radius 3 is 2.00 bits per heavy atom. The summed E-state index contributed by atoms with van der Waals surface area (Å²) < 4.78 is 1.99. The zero-order chi connectivity index (χ0) is 5.86. The van der Waals surface area contributed by atoms with Crippen molar-refractivity contribution in [2.24, 2.45) is 0 Å². The van der Waals surface area contributed by atoms with Crippen molar-refractivity contribution >= 4 is 30.9 Å². The Balaban J connectivity index is 3.14. The fourth-order valence-corrected chi connectivity index (χ4v) is 1.24. The van der Waals surface area contributed by atoms with Crippen LogP contribution in [0.3, 0.4) is 0 Å². The normalized spacial score (nSPS) is 15.0. The molecule has 44 valence electrons. The molecule has 0 heterocycles. The summed E-state index contributed by atoms with van der Waals surface area (Å²) in [7, 11) is 2.72. The smallest absolute Gasteiger partial charge is 0.227 e. The van der Waals surface area contributed by atoms with E-state index in [0.717, 1.165) is 0 Å². The van der Waals surface area contributed by atoms with Crippen LogP contribution in [0.2, 0.25) is 0 Å². The van der Waals surface area contributed by atoms with Gasteiger partial charge in [-0.2, -0.15) is 0 Å². The average Bonchev–Trinajstić information content (AvgIpc) is 1.65. The van der Waals surface area contributed by atoms with Crippen LogP contribution in [0, 0.1) is 0 Å². The maximum atomic E-state index is 5.73. The highest BCUT2D eigenvalue weighted by Crippen LogP contribution is 1.94. The summed E-state index contributed by atoms with van der Waals surface area (Å²) in [5.41, 5.74) is 0.620. The molecule has 1 atom stereocenters. The van der Waals surface area contributed by atoms with Crippen molar-refractivity contribution in [3.8, 4) is 0 Å². The van der Waals surface area contributed by atoms with Crippen LogP contribution >= 0.6 is 22.7 Å². The summed E-state index contributed by atoms with van der Waals surface area (Å²) in [6.07, 6.45) is 0. The van der Waals surface area contributed by atoms with E-state index in [2.05, 4.69) is 0 Å². The summed E-state index contributed by atoms with van der Waals surface area (Å²) in [5.74, 6) is 0. The molecule has 1 nitrogen and oxygen atoms in total. The van der Waals surface area contributed by atoms with Crippen LogP contribution in [0.15, 0.2) is 0 Å². The minimum Gasteiger partial charge on any atom is -0.319 e. The molecule has 0 amide bonds. The van der Waals surface area contributed by atoms with Crippen LogP contribution in [-0.2, 0) is 0 Å². The minimum atomic E-state index is -1.18. The molecule has 0 saturated heterocycles. The zero-order valence-corrected chi connectivity index (χ0v) is 7.15. The lowest BCUT2D eigenvalue weighted by Crippen LogP contribution is -2.28. The van der Waals surface area contributed by atoms with Crippen LogP contribution in [0.1, 0.15) is 0 Å². The molecule has 0 aromatic heterocycles. The highest BCUT2D eigenvalue weighted by Gasteiger charge is 2.05. The molecule has 0 N–H and O–H groups in total. The number of halogens is 2. The second-order valence-corrected chi connectivity index (χ2v) is 6.20. The maximum absolute atomic E-state index is 5.73. The summed E-state index contributed by atoms with van der Waals surface area (Å²) in [6, 6.07) is 0. The third kappa shape index (κ3) is 3.35. The van der Waals surface area contributed by atoms with E-state index in [4.69, 9.17) is 22.7 Å². The molecule has 0 rings (SSSR count). The number of nitrogens with zero attached hydrogens (tertiary/aromatic N) is 1. The van der Waals surface area contributed by atoms with Crippen molar-refractivity contribution in [1.29, 1.82) is 0 Å². The quantitative estimate of drug-likeness (QED) is 0.326. The summed E-state index contributed by atoms with van der Waals surface area (Å²) in [4.78, 5) is 0. The minimum absolute atomic E-state index is 0.620. The lowest BCUT2D eigenvalue weighted by atomic mass is 11.3. The Hall–Kier alpha value is 0.757. The van der Waals surface area contributed by atoms with Gasteiger partial charge in [0.15, 0.2) is 0 Å². The molecule has 0 radical (unpaired) electrons. The summed E-state index contributed by atoms with van der Waals surface area (Å²) in [6.45, 7) is 0. The van der Waals surface area contributed by atoms with Crippen molar-refractivity contribution in [3.05, 3.63) is 0 Å². The Bertz CT molecular complexity index is 50.2. The summed E-state index contributed by atoms with van der Waals surface area (Å²) >= 11 is 11.2. The first-order valence-electron chi connectivity index (χ1n) is 2.05. The molecule has 0 spiro atoms.